The fourth-order valence-corrected chi connectivity index (χ4v) is 3.27. The van der Waals surface area contributed by atoms with Crippen LogP contribution in [0.2, 0.25) is 5.02 Å². The second-order valence-corrected chi connectivity index (χ2v) is 7.20. The van der Waals surface area contributed by atoms with Gasteiger partial charge in [-0.25, -0.2) is 5.43 Å². The molecular weight excluding hydrogens is 394 g/mol. The molecular formula is C20H22ClN5O3. The SMILES string of the molecule is O=C(CN1CCN(Cc2ccccc2)CC1)N/N=C/c1cc([N+](=O)[O-])ccc1Cl. The van der Waals surface area contributed by atoms with Gasteiger partial charge in [0.05, 0.1) is 17.7 Å². The Hall–Kier alpha value is -2.81. The summed E-state index contributed by atoms with van der Waals surface area (Å²) in [5.74, 6) is -0.237. The molecule has 1 heterocycles. The molecule has 0 aliphatic carbocycles. The Bertz CT molecular complexity index is 883. The molecule has 2 aromatic carbocycles. The molecule has 0 saturated carbocycles. The number of rotatable bonds is 7. The fraction of sp³-hybridized carbons (Fsp3) is 0.300. The lowest BCUT2D eigenvalue weighted by Crippen LogP contribution is -2.48. The van der Waals surface area contributed by atoms with E-state index in [1.807, 2.05) is 18.2 Å². The molecule has 1 saturated heterocycles. The highest BCUT2D eigenvalue weighted by Gasteiger charge is 2.18. The molecule has 0 unspecified atom stereocenters. The van der Waals surface area contributed by atoms with Crippen LogP contribution >= 0.6 is 11.6 Å². The molecule has 2 aromatic rings. The zero-order chi connectivity index (χ0) is 20.6. The number of piperazine rings is 1. The molecule has 8 nitrogen and oxygen atoms in total. The van der Waals surface area contributed by atoms with E-state index in [1.165, 1.54) is 30.0 Å². The molecule has 152 valence electrons. The lowest BCUT2D eigenvalue weighted by Gasteiger charge is -2.34. The quantitative estimate of drug-likeness (QED) is 0.426. The summed E-state index contributed by atoms with van der Waals surface area (Å²) in [7, 11) is 0. The van der Waals surface area contributed by atoms with Crippen molar-refractivity contribution in [2.24, 2.45) is 5.10 Å². The number of nitro benzene ring substituents is 1. The van der Waals surface area contributed by atoms with Gasteiger partial charge in [0.2, 0.25) is 0 Å². The van der Waals surface area contributed by atoms with Crippen LogP contribution in [0.25, 0.3) is 0 Å². The Morgan fingerprint density at radius 2 is 1.83 bits per heavy atom. The Morgan fingerprint density at radius 1 is 1.14 bits per heavy atom. The van der Waals surface area contributed by atoms with Crippen molar-refractivity contribution in [3.8, 4) is 0 Å². The number of nitrogens with zero attached hydrogens (tertiary/aromatic N) is 4. The molecule has 0 atom stereocenters. The number of nitro groups is 1. The average molecular weight is 416 g/mol. The lowest BCUT2D eigenvalue weighted by molar-refractivity contribution is -0.384. The van der Waals surface area contributed by atoms with E-state index in [-0.39, 0.29) is 18.1 Å². The largest absolute Gasteiger partial charge is 0.297 e. The number of amides is 1. The van der Waals surface area contributed by atoms with E-state index in [0.717, 1.165) is 32.7 Å². The van der Waals surface area contributed by atoms with Crippen molar-refractivity contribution in [1.29, 1.82) is 0 Å². The predicted octanol–water partition coefficient (Wildman–Crippen LogP) is 2.52. The summed E-state index contributed by atoms with van der Waals surface area (Å²) in [5, 5.41) is 15.0. The number of halogens is 1. The molecule has 29 heavy (non-hydrogen) atoms. The van der Waals surface area contributed by atoms with Crippen LogP contribution in [0.15, 0.2) is 53.6 Å². The molecule has 0 bridgehead atoms. The van der Waals surface area contributed by atoms with Gasteiger partial charge in [-0.3, -0.25) is 24.7 Å². The summed E-state index contributed by atoms with van der Waals surface area (Å²) >= 11 is 6.00. The van der Waals surface area contributed by atoms with E-state index in [9.17, 15) is 14.9 Å². The number of non-ortho nitro benzene ring substituents is 1. The number of nitrogens with one attached hydrogen (secondary N) is 1. The number of hydrazone groups is 1. The van der Waals surface area contributed by atoms with Gasteiger partial charge in [0.25, 0.3) is 11.6 Å². The Balaban J connectivity index is 1.43. The van der Waals surface area contributed by atoms with Crippen LogP contribution in [0.5, 0.6) is 0 Å². The normalized spacial score (nSPS) is 15.5. The maximum Gasteiger partial charge on any atom is 0.270 e. The van der Waals surface area contributed by atoms with Gasteiger partial charge in [0.15, 0.2) is 0 Å². The molecule has 0 aromatic heterocycles. The number of hydrogen-bond acceptors (Lipinski definition) is 6. The van der Waals surface area contributed by atoms with Crippen molar-refractivity contribution in [3.63, 3.8) is 0 Å². The van der Waals surface area contributed by atoms with Crippen LogP contribution < -0.4 is 5.43 Å². The summed E-state index contributed by atoms with van der Waals surface area (Å²) in [5.41, 5.74) is 4.02. The minimum atomic E-state index is -0.510. The van der Waals surface area contributed by atoms with Crippen LogP contribution in [0.4, 0.5) is 5.69 Å². The van der Waals surface area contributed by atoms with Crippen LogP contribution in [0, 0.1) is 10.1 Å². The second kappa shape index (κ2) is 10.1. The standard InChI is InChI=1S/C20H22ClN5O3/c21-19-7-6-18(26(28)29)12-17(19)13-22-23-20(27)15-25-10-8-24(9-11-25)14-16-4-2-1-3-5-16/h1-7,12-13H,8-11,14-15H2,(H,23,27)/b22-13+. The van der Waals surface area contributed by atoms with Gasteiger partial charge >= 0.3 is 0 Å². The molecule has 9 heteroatoms. The van der Waals surface area contributed by atoms with Crippen LogP contribution in [-0.4, -0.2) is 59.6 Å². The highest BCUT2D eigenvalue weighted by Crippen LogP contribution is 2.20. The molecule has 1 aliphatic heterocycles. The Labute approximate surface area is 173 Å². The van der Waals surface area contributed by atoms with E-state index < -0.39 is 4.92 Å². The maximum absolute atomic E-state index is 12.1. The zero-order valence-corrected chi connectivity index (χ0v) is 16.6. The van der Waals surface area contributed by atoms with Gasteiger partial charge in [-0.15, -0.1) is 0 Å². The summed E-state index contributed by atoms with van der Waals surface area (Å²) in [6, 6.07) is 14.4. The number of carbonyl (C=O) groups excluding carboxylic acids is 1. The summed E-state index contributed by atoms with van der Waals surface area (Å²) < 4.78 is 0. The third-order valence-electron chi connectivity index (χ3n) is 4.66. The number of hydrogen-bond donors (Lipinski definition) is 1. The third kappa shape index (κ3) is 6.35. The number of benzene rings is 2. The molecule has 1 amide bonds. The van der Waals surface area contributed by atoms with Gasteiger partial charge in [-0.05, 0) is 11.6 Å². The van der Waals surface area contributed by atoms with Crippen LogP contribution in [-0.2, 0) is 11.3 Å². The van der Waals surface area contributed by atoms with Gasteiger partial charge in [0.1, 0.15) is 0 Å². The topological polar surface area (TPSA) is 91.1 Å². The first kappa shape index (κ1) is 20.9. The van der Waals surface area contributed by atoms with Crippen molar-refractivity contribution >= 4 is 29.4 Å². The van der Waals surface area contributed by atoms with Crippen molar-refractivity contribution in [2.75, 3.05) is 32.7 Å². The molecule has 1 N–H and O–H groups in total. The van der Waals surface area contributed by atoms with E-state index in [1.54, 1.807) is 0 Å². The van der Waals surface area contributed by atoms with Crippen molar-refractivity contribution in [2.45, 2.75) is 6.54 Å². The minimum absolute atomic E-state index is 0.0875. The highest BCUT2D eigenvalue weighted by molar-refractivity contribution is 6.33. The molecule has 0 spiro atoms. The van der Waals surface area contributed by atoms with Gasteiger partial charge in [-0.2, -0.15) is 5.10 Å². The second-order valence-electron chi connectivity index (χ2n) is 6.79. The van der Waals surface area contributed by atoms with Gasteiger partial charge < -0.3 is 0 Å². The average Bonchev–Trinajstić information content (AvgIpc) is 2.71. The first-order valence-corrected chi connectivity index (χ1v) is 9.63. The van der Waals surface area contributed by atoms with Crippen LogP contribution in [0.3, 0.4) is 0 Å². The van der Waals surface area contributed by atoms with Crippen molar-refractivity contribution in [3.05, 3.63) is 74.8 Å². The highest BCUT2D eigenvalue weighted by atomic mass is 35.5. The predicted molar refractivity (Wildman–Crippen MR) is 112 cm³/mol. The smallest absolute Gasteiger partial charge is 0.270 e. The van der Waals surface area contributed by atoms with Crippen LogP contribution in [0.1, 0.15) is 11.1 Å². The molecule has 0 radical (unpaired) electrons. The van der Waals surface area contributed by atoms with E-state index in [4.69, 9.17) is 11.6 Å². The number of carbonyl (C=O) groups is 1. The van der Waals surface area contributed by atoms with Gasteiger partial charge in [-0.1, -0.05) is 41.9 Å². The first-order chi connectivity index (χ1) is 14.0. The molecule has 3 rings (SSSR count). The molecule has 1 aliphatic rings. The van der Waals surface area contributed by atoms with Crippen molar-refractivity contribution in [1.82, 2.24) is 15.2 Å². The summed E-state index contributed by atoms with van der Waals surface area (Å²) in [4.78, 5) is 26.9. The van der Waals surface area contributed by atoms with Gasteiger partial charge in [0, 0.05) is 55.4 Å². The summed E-state index contributed by atoms with van der Waals surface area (Å²) in [6.45, 7) is 4.57. The van der Waals surface area contributed by atoms with E-state index in [0.29, 0.717) is 10.6 Å². The Kier molecular flexibility index (Phi) is 7.29. The van der Waals surface area contributed by atoms with E-state index >= 15 is 0 Å². The summed E-state index contributed by atoms with van der Waals surface area (Å²) in [6.07, 6.45) is 1.31. The zero-order valence-electron chi connectivity index (χ0n) is 15.8. The Morgan fingerprint density at radius 3 is 2.52 bits per heavy atom. The molecule has 1 fully saturated rings. The first-order valence-electron chi connectivity index (χ1n) is 9.26. The van der Waals surface area contributed by atoms with E-state index in [2.05, 4.69) is 32.5 Å². The lowest BCUT2D eigenvalue weighted by atomic mass is 10.2. The monoisotopic (exact) mass is 415 g/mol. The minimum Gasteiger partial charge on any atom is -0.297 e. The van der Waals surface area contributed by atoms with Crippen molar-refractivity contribution < 1.29 is 9.72 Å². The third-order valence-corrected chi connectivity index (χ3v) is 5.01. The maximum atomic E-state index is 12.1. The fourth-order valence-electron chi connectivity index (χ4n) is 3.10.